The molecule has 0 spiro atoms. The van der Waals surface area contributed by atoms with Crippen molar-refractivity contribution in [2.45, 2.75) is 25.4 Å². The van der Waals surface area contributed by atoms with E-state index in [1.54, 1.807) is 19.1 Å². The monoisotopic (exact) mass is 282 g/mol. The number of hydrogen-bond acceptors (Lipinski definition) is 2. The molecule has 2 N–H and O–H groups in total. The van der Waals surface area contributed by atoms with Gasteiger partial charge in [0.25, 0.3) is 0 Å². The molecule has 1 saturated heterocycles. The molecule has 2 amide bonds. The second kappa shape index (κ2) is 5.48. The molecule has 0 radical (unpaired) electrons. The first kappa shape index (κ1) is 13.7. The largest absolute Gasteiger partial charge is 0.465 e. The van der Waals surface area contributed by atoms with Crippen LogP contribution in [-0.2, 0) is 11.2 Å². The normalized spacial score (nSPS) is 23.1. The molecule has 0 aliphatic carbocycles. The van der Waals surface area contributed by atoms with Gasteiger partial charge in [-0.25, -0.2) is 4.79 Å². The van der Waals surface area contributed by atoms with E-state index in [2.05, 4.69) is 5.32 Å². The molecule has 1 heterocycles. The van der Waals surface area contributed by atoms with E-state index in [4.69, 9.17) is 16.7 Å². The number of piperazine rings is 1. The number of amides is 2. The van der Waals surface area contributed by atoms with Crippen LogP contribution >= 0.6 is 11.6 Å². The topological polar surface area (TPSA) is 69.6 Å². The number of benzene rings is 1. The van der Waals surface area contributed by atoms with Gasteiger partial charge in [-0.2, -0.15) is 0 Å². The summed E-state index contributed by atoms with van der Waals surface area (Å²) in [6.07, 6.45) is -0.483. The highest BCUT2D eigenvalue weighted by Gasteiger charge is 2.34. The first-order valence-corrected chi connectivity index (χ1v) is 6.39. The predicted molar refractivity (Wildman–Crippen MR) is 71.3 cm³/mol. The molecule has 0 unspecified atom stereocenters. The minimum atomic E-state index is -1.07. The van der Waals surface area contributed by atoms with Crippen molar-refractivity contribution in [2.75, 3.05) is 6.54 Å². The third-order valence-corrected chi connectivity index (χ3v) is 3.50. The Labute approximate surface area is 116 Å². The molecule has 0 bridgehead atoms. The molecule has 0 aromatic heterocycles. The third-order valence-electron chi connectivity index (χ3n) is 3.25. The predicted octanol–water partition coefficient (Wildman–Crippen LogP) is 1.75. The first-order chi connectivity index (χ1) is 8.97. The van der Waals surface area contributed by atoms with E-state index in [1.807, 2.05) is 12.1 Å². The Kier molecular flexibility index (Phi) is 3.95. The highest BCUT2D eigenvalue weighted by atomic mass is 35.5. The summed E-state index contributed by atoms with van der Waals surface area (Å²) >= 11 is 5.81. The smallest absolute Gasteiger partial charge is 0.408 e. The van der Waals surface area contributed by atoms with E-state index in [0.717, 1.165) is 5.56 Å². The van der Waals surface area contributed by atoms with Crippen LogP contribution in [0.4, 0.5) is 4.79 Å². The van der Waals surface area contributed by atoms with Gasteiger partial charge in [0.2, 0.25) is 5.91 Å². The van der Waals surface area contributed by atoms with E-state index >= 15 is 0 Å². The summed E-state index contributed by atoms with van der Waals surface area (Å²) in [6, 6.07) is 6.45. The van der Waals surface area contributed by atoms with Crippen LogP contribution in [0.2, 0.25) is 5.02 Å². The van der Waals surface area contributed by atoms with E-state index in [9.17, 15) is 9.59 Å². The van der Waals surface area contributed by atoms with Crippen molar-refractivity contribution in [1.82, 2.24) is 10.2 Å². The Morgan fingerprint density at radius 2 is 2.11 bits per heavy atom. The van der Waals surface area contributed by atoms with Crippen molar-refractivity contribution >= 4 is 23.6 Å². The molecule has 19 heavy (non-hydrogen) atoms. The fourth-order valence-corrected chi connectivity index (χ4v) is 2.29. The quantitative estimate of drug-likeness (QED) is 0.868. The Morgan fingerprint density at radius 3 is 2.68 bits per heavy atom. The lowest BCUT2D eigenvalue weighted by Crippen LogP contribution is -2.60. The number of halogens is 1. The van der Waals surface area contributed by atoms with Crippen LogP contribution in [0.3, 0.4) is 0 Å². The first-order valence-electron chi connectivity index (χ1n) is 6.01. The number of carbonyl (C=O) groups is 2. The van der Waals surface area contributed by atoms with Gasteiger partial charge >= 0.3 is 6.09 Å². The van der Waals surface area contributed by atoms with Gasteiger partial charge in [0.1, 0.15) is 6.04 Å². The maximum atomic E-state index is 11.7. The van der Waals surface area contributed by atoms with Gasteiger partial charge in [0, 0.05) is 11.6 Å². The summed E-state index contributed by atoms with van der Waals surface area (Å²) in [5, 5.41) is 12.6. The van der Waals surface area contributed by atoms with Gasteiger partial charge in [-0.3, -0.25) is 9.69 Å². The summed E-state index contributed by atoms with van der Waals surface area (Å²) in [5.41, 5.74) is 1.01. The molecular weight excluding hydrogens is 268 g/mol. The molecule has 0 saturated carbocycles. The second-order valence-corrected chi connectivity index (χ2v) is 5.08. The maximum Gasteiger partial charge on any atom is 0.408 e. The van der Waals surface area contributed by atoms with Crippen molar-refractivity contribution in [3.8, 4) is 0 Å². The SMILES string of the molecule is C[C@H]1C(=O)N[C@@H](Cc2ccc(Cl)cc2)CN1C(=O)O. The second-order valence-electron chi connectivity index (χ2n) is 4.65. The molecule has 6 heteroatoms. The van der Waals surface area contributed by atoms with Crippen LogP contribution < -0.4 is 5.32 Å². The highest BCUT2D eigenvalue weighted by molar-refractivity contribution is 6.30. The van der Waals surface area contributed by atoms with Gasteiger partial charge < -0.3 is 10.4 Å². The lowest BCUT2D eigenvalue weighted by molar-refractivity contribution is -0.129. The lowest BCUT2D eigenvalue weighted by atomic mass is 10.0. The summed E-state index contributed by atoms with van der Waals surface area (Å²) in [5.74, 6) is -0.257. The van der Waals surface area contributed by atoms with Crippen molar-refractivity contribution in [3.63, 3.8) is 0 Å². The highest BCUT2D eigenvalue weighted by Crippen LogP contribution is 2.15. The molecule has 2 rings (SSSR count). The van der Waals surface area contributed by atoms with E-state index < -0.39 is 12.1 Å². The van der Waals surface area contributed by atoms with Crippen molar-refractivity contribution in [2.24, 2.45) is 0 Å². The van der Waals surface area contributed by atoms with E-state index in [0.29, 0.717) is 18.0 Å². The fraction of sp³-hybridized carbons (Fsp3) is 0.385. The minimum absolute atomic E-state index is 0.207. The van der Waals surface area contributed by atoms with Gasteiger partial charge in [0.05, 0.1) is 6.04 Å². The molecule has 1 aliphatic rings. The van der Waals surface area contributed by atoms with Crippen LogP contribution in [-0.4, -0.2) is 40.6 Å². The number of nitrogens with zero attached hydrogens (tertiary/aromatic N) is 1. The van der Waals surface area contributed by atoms with E-state index in [-0.39, 0.29) is 11.9 Å². The zero-order chi connectivity index (χ0) is 14.0. The van der Waals surface area contributed by atoms with Crippen LogP contribution in [0.5, 0.6) is 0 Å². The molecule has 1 aromatic carbocycles. The van der Waals surface area contributed by atoms with Crippen LogP contribution in [0.25, 0.3) is 0 Å². The van der Waals surface area contributed by atoms with Crippen molar-refractivity contribution in [1.29, 1.82) is 0 Å². The molecular formula is C13H15ClN2O3. The van der Waals surface area contributed by atoms with Crippen LogP contribution in [0.1, 0.15) is 12.5 Å². The van der Waals surface area contributed by atoms with Gasteiger partial charge in [-0.1, -0.05) is 23.7 Å². The standard InChI is InChI=1S/C13H15ClN2O3/c1-8-12(17)15-11(7-16(8)13(18)19)6-9-2-4-10(14)5-3-9/h2-5,8,11H,6-7H2,1H3,(H,15,17)(H,18,19)/t8-,11-/m0/s1. The number of hydrogen-bond donors (Lipinski definition) is 2. The van der Waals surface area contributed by atoms with E-state index in [1.165, 1.54) is 4.90 Å². The van der Waals surface area contributed by atoms with Gasteiger partial charge in [-0.15, -0.1) is 0 Å². The molecule has 5 nitrogen and oxygen atoms in total. The molecule has 1 aromatic rings. The average Bonchev–Trinajstić information content (AvgIpc) is 2.36. The van der Waals surface area contributed by atoms with Gasteiger partial charge in [0.15, 0.2) is 0 Å². The summed E-state index contributed by atoms with van der Waals surface area (Å²) in [4.78, 5) is 24.0. The Hall–Kier alpha value is -1.75. The zero-order valence-electron chi connectivity index (χ0n) is 10.5. The summed E-state index contributed by atoms with van der Waals surface area (Å²) < 4.78 is 0. The van der Waals surface area contributed by atoms with Crippen molar-refractivity contribution < 1.29 is 14.7 Å². The Balaban J connectivity index is 2.07. The molecule has 1 fully saturated rings. The average molecular weight is 283 g/mol. The minimum Gasteiger partial charge on any atom is -0.465 e. The third kappa shape index (κ3) is 3.17. The summed E-state index contributed by atoms with van der Waals surface area (Å²) in [6.45, 7) is 1.88. The maximum absolute atomic E-state index is 11.7. The lowest BCUT2D eigenvalue weighted by Gasteiger charge is -2.36. The van der Waals surface area contributed by atoms with Crippen molar-refractivity contribution in [3.05, 3.63) is 34.9 Å². The number of nitrogens with one attached hydrogen (secondary N) is 1. The van der Waals surface area contributed by atoms with Gasteiger partial charge in [-0.05, 0) is 31.0 Å². The zero-order valence-corrected chi connectivity index (χ0v) is 11.2. The van der Waals surface area contributed by atoms with Crippen LogP contribution in [0.15, 0.2) is 24.3 Å². The number of carboxylic acid groups (broad SMARTS) is 1. The fourth-order valence-electron chi connectivity index (χ4n) is 2.17. The number of carbonyl (C=O) groups excluding carboxylic acids is 1. The molecule has 2 atom stereocenters. The Bertz CT molecular complexity index is 489. The Morgan fingerprint density at radius 1 is 1.47 bits per heavy atom. The molecule has 1 aliphatic heterocycles. The van der Waals surface area contributed by atoms with Crippen LogP contribution in [0, 0.1) is 0 Å². The number of rotatable bonds is 2. The summed E-state index contributed by atoms with van der Waals surface area (Å²) in [7, 11) is 0. The molecule has 102 valence electrons.